The van der Waals surface area contributed by atoms with Crippen LogP contribution in [0.2, 0.25) is 0 Å². The average molecular weight is 356 g/mol. The molecule has 3 aromatic rings. The number of carbonyl (C=O) groups is 1. The van der Waals surface area contributed by atoms with Crippen molar-refractivity contribution in [2.45, 2.75) is 25.8 Å². The predicted molar refractivity (Wildman–Crippen MR) is 97.2 cm³/mol. The number of hydrogen-bond acceptors (Lipinski definition) is 4. The van der Waals surface area contributed by atoms with Gasteiger partial charge in [0.2, 0.25) is 0 Å². The molecule has 3 rings (SSSR count). The zero-order chi connectivity index (χ0) is 17.5. The molecule has 0 fully saturated rings. The summed E-state index contributed by atoms with van der Waals surface area (Å²) in [7, 11) is 0. The van der Waals surface area contributed by atoms with E-state index >= 15 is 0 Å². The molecule has 5 nitrogen and oxygen atoms in total. The van der Waals surface area contributed by atoms with E-state index in [1.807, 2.05) is 41.2 Å². The van der Waals surface area contributed by atoms with E-state index in [1.165, 1.54) is 4.88 Å². The van der Waals surface area contributed by atoms with Gasteiger partial charge in [-0.25, -0.2) is 0 Å². The second-order valence-electron chi connectivity index (χ2n) is 5.72. The molecule has 0 aliphatic carbocycles. The number of aliphatic carboxylic acids is 1. The van der Waals surface area contributed by atoms with Crippen LogP contribution < -0.4 is 4.74 Å². The van der Waals surface area contributed by atoms with Crippen LogP contribution in [0.25, 0.3) is 0 Å². The second-order valence-corrected chi connectivity index (χ2v) is 6.75. The van der Waals surface area contributed by atoms with Crippen molar-refractivity contribution in [3.8, 4) is 5.75 Å². The first-order valence-corrected chi connectivity index (χ1v) is 9.05. The number of carboxylic acid groups (broad SMARTS) is 1. The monoisotopic (exact) mass is 356 g/mol. The fourth-order valence-corrected chi connectivity index (χ4v) is 3.27. The molecule has 0 saturated carbocycles. The summed E-state index contributed by atoms with van der Waals surface area (Å²) in [5, 5.41) is 15.2. The Labute approximate surface area is 150 Å². The van der Waals surface area contributed by atoms with Crippen LogP contribution in [0, 0.1) is 0 Å². The molecule has 25 heavy (non-hydrogen) atoms. The topological polar surface area (TPSA) is 64.3 Å². The summed E-state index contributed by atoms with van der Waals surface area (Å²) in [5.74, 6) is -0.0346. The average Bonchev–Trinajstić information content (AvgIpc) is 3.28. The van der Waals surface area contributed by atoms with Crippen LogP contribution in [0.5, 0.6) is 5.75 Å². The van der Waals surface area contributed by atoms with E-state index < -0.39 is 5.97 Å². The minimum atomic E-state index is -0.801. The van der Waals surface area contributed by atoms with Crippen molar-refractivity contribution in [3.05, 3.63) is 70.2 Å². The van der Waals surface area contributed by atoms with Crippen molar-refractivity contribution in [2.24, 2.45) is 0 Å². The van der Waals surface area contributed by atoms with Gasteiger partial charge in [0.25, 0.3) is 0 Å². The summed E-state index contributed by atoms with van der Waals surface area (Å²) in [4.78, 5) is 12.2. The normalized spacial score (nSPS) is 10.7. The van der Waals surface area contributed by atoms with Gasteiger partial charge in [-0.2, -0.15) is 5.10 Å². The molecule has 0 spiro atoms. The van der Waals surface area contributed by atoms with Crippen molar-refractivity contribution in [3.63, 3.8) is 0 Å². The number of aryl methyl sites for hydroxylation is 1. The van der Waals surface area contributed by atoms with Crippen molar-refractivity contribution >= 4 is 17.3 Å². The van der Waals surface area contributed by atoms with Crippen molar-refractivity contribution < 1.29 is 14.6 Å². The summed E-state index contributed by atoms with van der Waals surface area (Å²) in [6.45, 7) is 1.24. The third-order valence-electron chi connectivity index (χ3n) is 3.83. The molecule has 0 radical (unpaired) electrons. The van der Waals surface area contributed by atoms with Crippen LogP contribution >= 0.6 is 11.3 Å². The number of nitrogens with zero attached hydrogens (tertiary/aromatic N) is 2. The lowest BCUT2D eigenvalue weighted by Crippen LogP contribution is -2.06. The van der Waals surface area contributed by atoms with Crippen LogP contribution in [0.15, 0.2) is 54.2 Å². The Morgan fingerprint density at radius 3 is 2.88 bits per heavy atom. The van der Waals surface area contributed by atoms with E-state index in [9.17, 15) is 4.79 Å². The number of hydrogen-bond donors (Lipinski definition) is 1. The van der Waals surface area contributed by atoms with Gasteiger partial charge in [-0.3, -0.25) is 9.48 Å². The number of rotatable bonds is 9. The number of carboxylic acids is 1. The highest BCUT2D eigenvalue weighted by molar-refractivity contribution is 7.09. The van der Waals surface area contributed by atoms with Gasteiger partial charge in [0.1, 0.15) is 5.75 Å². The first kappa shape index (κ1) is 17.2. The molecule has 0 unspecified atom stereocenters. The van der Waals surface area contributed by atoms with Gasteiger partial charge in [-0.05, 0) is 41.1 Å². The predicted octanol–water partition coefficient (Wildman–Crippen LogP) is 3.63. The van der Waals surface area contributed by atoms with Crippen molar-refractivity contribution in [1.82, 2.24) is 9.78 Å². The summed E-state index contributed by atoms with van der Waals surface area (Å²) in [6.07, 6.45) is 5.07. The molecule has 1 aromatic carbocycles. The smallest absolute Gasteiger partial charge is 0.303 e. The van der Waals surface area contributed by atoms with E-state index in [-0.39, 0.29) is 6.42 Å². The summed E-state index contributed by atoms with van der Waals surface area (Å²) < 4.78 is 7.84. The van der Waals surface area contributed by atoms with Crippen LogP contribution in [0.4, 0.5) is 0 Å². The molecule has 0 atom stereocenters. The third-order valence-corrected chi connectivity index (χ3v) is 4.77. The SMILES string of the molecule is O=C(O)CCc1ccc(Cn2cccn2)cc1OCCc1cccs1. The van der Waals surface area contributed by atoms with Crippen LogP contribution in [0.3, 0.4) is 0 Å². The highest BCUT2D eigenvalue weighted by atomic mass is 32.1. The zero-order valence-corrected chi connectivity index (χ0v) is 14.6. The van der Waals surface area contributed by atoms with Gasteiger partial charge in [-0.15, -0.1) is 11.3 Å². The van der Waals surface area contributed by atoms with Gasteiger partial charge in [-0.1, -0.05) is 18.2 Å². The molecule has 0 bridgehead atoms. The maximum Gasteiger partial charge on any atom is 0.303 e. The largest absolute Gasteiger partial charge is 0.493 e. The summed E-state index contributed by atoms with van der Waals surface area (Å²) >= 11 is 1.71. The number of benzene rings is 1. The Balaban J connectivity index is 1.70. The van der Waals surface area contributed by atoms with E-state index in [0.29, 0.717) is 19.6 Å². The van der Waals surface area contributed by atoms with Crippen molar-refractivity contribution in [2.75, 3.05) is 6.61 Å². The van der Waals surface area contributed by atoms with Gasteiger partial charge in [0, 0.05) is 30.1 Å². The fraction of sp³-hybridized carbons (Fsp3) is 0.263. The Morgan fingerprint density at radius 2 is 2.16 bits per heavy atom. The molecule has 6 heteroatoms. The van der Waals surface area contributed by atoms with Gasteiger partial charge >= 0.3 is 5.97 Å². The highest BCUT2D eigenvalue weighted by Gasteiger charge is 2.09. The van der Waals surface area contributed by atoms with Crippen molar-refractivity contribution in [1.29, 1.82) is 0 Å². The molecular weight excluding hydrogens is 336 g/mol. The van der Waals surface area contributed by atoms with E-state index in [2.05, 4.69) is 16.5 Å². The fourth-order valence-electron chi connectivity index (χ4n) is 2.58. The lowest BCUT2D eigenvalue weighted by Gasteiger charge is -2.13. The standard InChI is InChI=1S/C19H20N2O3S/c22-19(23)7-6-16-5-4-15(14-21-10-2-9-20-21)13-18(16)24-11-8-17-3-1-12-25-17/h1-5,9-10,12-13H,6-8,11,14H2,(H,22,23). The van der Waals surface area contributed by atoms with Gasteiger partial charge < -0.3 is 9.84 Å². The molecule has 0 amide bonds. The van der Waals surface area contributed by atoms with Crippen LogP contribution in [-0.2, 0) is 24.2 Å². The molecule has 130 valence electrons. The minimum absolute atomic E-state index is 0.0970. The summed E-state index contributed by atoms with van der Waals surface area (Å²) in [5.41, 5.74) is 2.01. The maximum absolute atomic E-state index is 10.9. The zero-order valence-electron chi connectivity index (χ0n) is 13.8. The Bertz CT molecular complexity index is 798. The van der Waals surface area contributed by atoms with E-state index in [4.69, 9.17) is 9.84 Å². The maximum atomic E-state index is 10.9. The number of thiophene rings is 1. The lowest BCUT2D eigenvalue weighted by atomic mass is 10.1. The second kappa shape index (κ2) is 8.48. The van der Waals surface area contributed by atoms with Gasteiger partial charge in [0.05, 0.1) is 13.2 Å². The Hall–Kier alpha value is -2.60. The highest BCUT2D eigenvalue weighted by Crippen LogP contribution is 2.23. The minimum Gasteiger partial charge on any atom is -0.493 e. The first-order valence-electron chi connectivity index (χ1n) is 8.17. The molecule has 2 heterocycles. The first-order chi connectivity index (χ1) is 12.2. The number of aromatic nitrogens is 2. The van der Waals surface area contributed by atoms with Gasteiger partial charge in [0.15, 0.2) is 0 Å². The molecule has 0 aliphatic heterocycles. The Kier molecular flexibility index (Phi) is 5.85. The molecular formula is C19H20N2O3S. The van der Waals surface area contributed by atoms with Crippen LogP contribution in [0.1, 0.15) is 22.4 Å². The molecule has 1 N–H and O–H groups in total. The molecule has 0 aliphatic rings. The van der Waals surface area contributed by atoms with E-state index in [0.717, 1.165) is 23.3 Å². The lowest BCUT2D eigenvalue weighted by molar-refractivity contribution is -0.136. The number of ether oxygens (including phenoxy) is 1. The molecule has 2 aromatic heterocycles. The molecule has 0 saturated heterocycles. The van der Waals surface area contributed by atoms with E-state index in [1.54, 1.807) is 17.5 Å². The quantitative estimate of drug-likeness (QED) is 0.636. The Morgan fingerprint density at radius 1 is 1.24 bits per heavy atom. The third kappa shape index (κ3) is 5.19. The van der Waals surface area contributed by atoms with Crippen LogP contribution in [-0.4, -0.2) is 27.5 Å². The summed E-state index contributed by atoms with van der Waals surface area (Å²) in [6, 6.07) is 12.0.